The van der Waals surface area contributed by atoms with E-state index in [0.717, 1.165) is 58.9 Å². The van der Waals surface area contributed by atoms with Crippen LogP contribution in [0.1, 0.15) is 42.3 Å². The van der Waals surface area contributed by atoms with Crippen molar-refractivity contribution in [2.75, 3.05) is 36.9 Å². The average molecular weight is 416 g/mol. The van der Waals surface area contributed by atoms with Crippen LogP contribution in [-0.4, -0.2) is 52.8 Å². The normalized spacial score (nSPS) is 18.1. The number of aryl methyl sites for hydroxylation is 1. The van der Waals surface area contributed by atoms with Gasteiger partial charge < -0.3 is 15.1 Å². The van der Waals surface area contributed by atoms with Gasteiger partial charge in [-0.15, -0.1) is 5.10 Å². The maximum Gasteiger partial charge on any atom is 0.157 e. The van der Waals surface area contributed by atoms with Crippen molar-refractivity contribution in [3.05, 3.63) is 52.8 Å². The molecule has 3 aromatic rings. The number of benzene rings is 1. The minimum absolute atomic E-state index is 0.0196. The molecule has 0 radical (unpaired) electrons. The second-order valence-electron chi connectivity index (χ2n) is 8.50. The van der Waals surface area contributed by atoms with Gasteiger partial charge in [0.15, 0.2) is 5.82 Å². The fourth-order valence-electron chi connectivity index (χ4n) is 4.22. The van der Waals surface area contributed by atoms with E-state index in [1.165, 1.54) is 0 Å². The molecular weight excluding hydrogens is 386 g/mol. The van der Waals surface area contributed by atoms with Gasteiger partial charge in [0.05, 0.1) is 23.4 Å². The molecule has 7 heteroatoms. The Labute approximate surface area is 183 Å². The summed E-state index contributed by atoms with van der Waals surface area (Å²) in [6.07, 6.45) is 1.91. The van der Waals surface area contributed by atoms with Crippen molar-refractivity contribution in [1.82, 2.24) is 20.1 Å². The SMILES string of the molecule is Cc1c(C#N)cccc1[C@@H](C)Nc1nnc(C)c2cnc(N3CCN(C)[C@H](C)C3)cc12. The van der Waals surface area contributed by atoms with E-state index in [1.807, 2.05) is 32.2 Å². The summed E-state index contributed by atoms with van der Waals surface area (Å²) in [5, 5.41) is 23.7. The Morgan fingerprint density at radius 1 is 1.19 bits per heavy atom. The lowest BCUT2D eigenvalue weighted by Gasteiger charge is -2.38. The summed E-state index contributed by atoms with van der Waals surface area (Å²) in [6.45, 7) is 11.2. The van der Waals surface area contributed by atoms with Gasteiger partial charge in [-0.05, 0) is 58.0 Å². The molecule has 160 valence electrons. The number of piperazine rings is 1. The molecule has 2 atom stereocenters. The molecule has 0 unspecified atom stereocenters. The Kier molecular flexibility index (Phi) is 5.75. The van der Waals surface area contributed by atoms with E-state index < -0.39 is 0 Å². The number of nitrogens with zero attached hydrogens (tertiary/aromatic N) is 6. The maximum absolute atomic E-state index is 9.37. The largest absolute Gasteiger partial charge is 0.362 e. The van der Waals surface area contributed by atoms with Crippen LogP contribution in [0.4, 0.5) is 11.6 Å². The van der Waals surface area contributed by atoms with Crippen LogP contribution in [0.2, 0.25) is 0 Å². The molecule has 2 aromatic heterocycles. The van der Waals surface area contributed by atoms with Crippen molar-refractivity contribution in [1.29, 1.82) is 5.26 Å². The second kappa shape index (κ2) is 8.48. The summed E-state index contributed by atoms with van der Waals surface area (Å²) < 4.78 is 0. The van der Waals surface area contributed by atoms with Crippen molar-refractivity contribution in [3.8, 4) is 6.07 Å². The van der Waals surface area contributed by atoms with Gasteiger partial charge >= 0.3 is 0 Å². The first kappa shape index (κ1) is 21.0. The third-order valence-corrected chi connectivity index (χ3v) is 6.43. The van der Waals surface area contributed by atoms with Gasteiger partial charge in [-0.25, -0.2) is 4.98 Å². The van der Waals surface area contributed by atoms with E-state index in [2.05, 4.69) is 64.4 Å². The molecule has 0 aliphatic carbocycles. The zero-order valence-corrected chi connectivity index (χ0v) is 18.8. The number of nitriles is 1. The molecule has 3 heterocycles. The third-order valence-electron chi connectivity index (χ3n) is 6.43. The van der Waals surface area contributed by atoms with Gasteiger partial charge in [0.2, 0.25) is 0 Å². The van der Waals surface area contributed by atoms with E-state index in [0.29, 0.717) is 11.6 Å². The maximum atomic E-state index is 9.37. The van der Waals surface area contributed by atoms with E-state index in [1.54, 1.807) is 0 Å². The summed E-state index contributed by atoms with van der Waals surface area (Å²) in [6, 6.07) is 10.7. The molecule has 1 aliphatic rings. The summed E-state index contributed by atoms with van der Waals surface area (Å²) in [4.78, 5) is 9.46. The Balaban J connectivity index is 1.69. The van der Waals surface area contributed by atoms with Crippen molar-refractivity contribution in [2.45, 2.75) is 39.8 Å². The van der Waals surface area contributed by atoms with Gasteiger partial charge in [0.1, 0.15) is 5.82 Å². The van der Waals surface area contributed by atoms with Crippen LogP contribution in [0, 0.1) is 25.2 Å². The van der Waals surface area contributed by atoms with Crippen LogP contribution >= 0.6 is 0 Å². The van der Waals surface area contributed by atoms with Crippen LogP contribution < -0.4 is 10.2 Å². The predicted octanol–water partition coefficient (Wildman–Crippen LogP) is 3.83. The van der Waals surface area contributed by atoms with Crippen molar-refractivity contribution < 1.29 is 0 Å². The monoisotopic (exact) mass is 415 g/mol. The van der Waals surface area contributed by atoms with Crippen LogP contribution in [0.5, 0.6) is 0 Å². The van der Waals surface area contributed by atoms with E-state index in [9.17, 15) is 5.26 Å². The van der Waals surface area contributed by atoms with Gasteiger partial charge in [0, 0.05) is 42.6 Å². The number of likely N-dealkylation sites (N-methyl/N-ethyl adjacent to an activating group) is 1. The number of hydrogen-bond donors (Lipinski definition) is 1. The molecule has 1 aliphatic heterocycles. The highest BCUT2D eigenvalue weighted by molar-refractivity contribution is 5.94. The lowest BCUT2D eigenvalue weighted by atomic mass is 9.98. The molecule has 1 N–H and O–H groups in total. The lowest BCUT2D eigenvalue weighted by Crippen LogP contribution is -2.50. The first-order valence-corrected chi connectivity index (χ1v) is 10.7. The zero-order valence-electron chi connectivity index (χ0n) is 18.8. The average Bonchev–Trinajstić information content (AvgIpc) is 2.77. The molecule has 1 aromatic carbocycles. The zero-order chi connectivity index (χ0) is 22.1. The topological polar surface area (TPSA) is 81.0 Å². The Morgan fingerprint density at radius 2 is 2.00 bits per heavy atom. The Hall–Kier alpha value is -3.24. The lowest BCUT2D eigenvalue weighted by molar-refractivity contribution is 0.233. The number of pyridine rings is 1. The highest BCUT2D eigenvalue weighted by Crippen LogP contribution is 2.30. The van der Waals surface area contributed by atoms with Crippen LogP contribution in [0.3, 0.4) is 0 Å². The Morgan fingerprint density at radius 3 is 2.74 bits per heavy atom. The molecule has 7 nitrogen and oxygen atoms in total. The minimum atomic E-state index is -0.0196. The van der Waals surface area contributed by atoms with Gasteiger partial charge in [0.25, 0.3) is 0 Å². The fourth-order valence-corrected chi connectivity index (χ4v) is 4.22. The number of nitrogens with one attached hydrogen (secondary N) is 1. The standard InChI is InChI=1S/C24H29N7/c1-15-14-31(10-9-30(15)5)23-11-21-22(13-26-23)18(4)28-29-24(21)27-17(3)20-8-6-7-19(12-25)16(20)2/h6-8,11,13,15,17H,9-10,14H2,1-5H3,(H,27,29)/t15-,17-/m1/s1. The molecule has 4 rings (SSSR count). The molecule has 1 fully saturated rings. The first-order valence-electron chi connectivity index (χ1n) is 10.7. The van der Waals surface area contributed by atoms with Crippen LogP contribution in [0.15, 0.2) is 30.5 Å². The van der Waals surface area contributed by atoms with Crippen LogP contribution in [0.25, 0.3) is 10.8 Å². The summed E-state index contributed by atoms with van der Waals surface area (Å²) >= 11 is 0. The summed E-state index contributed by atoms with van der Waals surface area (Å²) in [5.74, 6) is 1.71. The van der Waals surface area contributed by atoms with E-state index in [-0.39, 0.29) is 6.04 Å². The van der Waals surface area contributed by atoms with E-state index >= 15 is 0 Å². The van der Waals surface area contributed by atoms with Gasteiger partial charge in [-0.3, -0.25) is 0 Å². The number of hydrogen-bond acceptors (Lipinski definition) is 7. The van der Waals surface area contributed by atoms with E-state index in [4.69, 9.17) is 4.98 Å². The molecule has 0 amide bonds. The number of rotatable bonds is 4. The molecule has 0 saturated carbocycles. The van der Waals surface area contributed by atoms with Crippen LogP contribution in [-0.2, 0) is 0 Å². The first-order chi connectivity index (χ1) is 14.9. The van der Waals surface area contributed by atoms with Crippen molar-refractivity contribution in [2.24, 2.45) is 0 Å². The smallest absolute Gasteiger partial charge is 0.157 e. The molecule has 0 spiro atoms. The summed E-state index contributed by atoms with van der Waals surface area (Å²) in [7, 11) is 2.17. The van der Waals surface area contributed by atoms with Gasteiger partial charge in [-0.2, -0.15) is 10.4 Å². The minimum Gasteiger partial charge on any atom is -0.362 e. The number of fused-ring (bicyclic) bond motifs is 1. The second-order valence-corrected chi connectivity index (χ2v) is 8.50. The fraction of sp³-hybridized carbons (Fsp3) is 0.417. The predicted molar refractivity (Wildman–Crippen MR) is 124 cm³/mol. The summed E-state index contributed by atoms with van der Waals surface area (Å²) in [5.41, 5.74) is 3.63. The highest BCUT2D eigenvalue weighted by atomic mass is 15.3. The Bertz CT molecular complexity index is 1150. The quantitative estimate of drug-likeness (QED) is 0.693. The highest BCUT2D eigenvalue weighted by Gasteiger charge is 2.22. The number of aromatic nitrogens is 3. The van der Waals surface area contributed by atoms with Gasteiger partial charge in [-0.1, -0.05) is 12.1 Å². The molecule has 0 bridgehead atoms. The number of anilines is 2. The molecule has 31 heavy (non-hydrogen) atoms. The van der Waals surface area contributed by atoms with Crippen molar-refractivity contribution in [3.63, 3.8) is 0 Å². The van der Waals surface area contributed by atoms with Crippen molar-refractivity contribution >= 4 is 22.4 Å². The molecule has 1 saturated heterocycles. The third kappa shape index (κ3) is 4.04. The molecular formula is C24H29N7.